The molecule has 2 heterocycles. The SMILES string of the molecule is CCc1nc(C)ccc1OCC(=O)N1Cc2ccccc2C(O)C1. The Labute approximate surface area is 141 Å². The van der Waals surface area contributed by atoms with E-state index >= 15 is 0 Å². The lowest BCUT2D eigenvalue weighted by Gasteiger charge is -2.32. The van der Waals surface area contributed by atoms with Gasteiger partial charge in [-0.05, 0) is 36.6 Å². The standard InChI is InChI=1S/C19H22N2O3/c1-3-16-18(9-8-13(2)20-16)24-12-19(23)21-10-14-6-4-5-7-15(14)17(22)11-21/h4-9,17,22H,3,10-12H2,1-2H3. The molecule has 0 bridgehead atoms. The third kappa shape index (κ3) is 3.41. The Morgan fingerprint density at radius 2 is 2.12 bits per heavy atom. The maximum Gasteiger partial charge on any atom is 0.260 e. The molecular weight excluding hydrogens is 304 g/mol. The lowest BCUT2D eigenvalue weighted by molar-refractivity contribution is -0.136. The summed E-state index contributed by atoms with van der Waals surface area (Å²) in [7, 11) is 0. The molecule has 5 heteroatoms. The summed E-state index contributed by atoms with van der Waals surface area (Å²) >= 11 is 0. The van der Waals surface area contributed by atoms with Crippen molar-refractivity contribution in [2.24, 2.45) is 0 Å². The summed E-state index contributed by atoms with van der Waals surface area (Å²) in [5, 5.41) is 10.2. The van der Waals surface area contributed by atoms with Crippen LogP contribution < -0.4 is 4.74 Å². The van der Waals surface area contributed by atoms with E-state index < -0.39 is 6.10 Å². The Balaban J connectivity index is 1.66. The number of carbonyl (C=O) groups excluding carboxylic acids is 1. The molecule has 1 aromatic heterocycles. The number of nitrogens with zero attached hydrogens (tertiary/aromatic N) is 2. The van der Waals surface area contributed by atoms with Crippen molar-refractivity contribution in [2.45, 2.75) is 32.9 Å². The number of rotatable bonds is 4. The summed E-state index contributed by atoms with van der Waals surface area (Å²) < 4.78 is 5.69. The summed E-state index contributed by atoms with van der Waals surface area (Å²) in [6, 6.07) is 11.4. The van der Waals surface area contributed by atoms with Gasteiger partial charge in [-0.25, -0.2) is 0 Å². The van der Waals surface area contributed by atoms with Crippen LogP contribution in [0.15, 0.2) is 36.4 Å². The number of hydrogen-bond donors (Lipinski definition) is 1. The molecule has 2 aromatic rings. The fraction of sp³-hybridized carbons (Fsp3) is 0.368. The molecular formula is C19H22N2O3. The third-order valence-corrected chi connectivity index (χ3v) is 4.28. The average molecular weight is 326 g/mol. The number of hydrogen-bond acceptors (Lipinski definition) is 4. The Morgan fingerprint density at radius 3 is 2.92 bits per heavy atom. The highest BCUT2D eigenvalue weighted by atomic mass is 16.5. The molecule has 0 saturated heterocycles. The molecule has 0 radical (unpaired) electrons. The second-order valence-electron chi connectivity index (χ2n) is 6.03. The number of fused-ring (bicyclic) bond motifs is 1. The first kappa shape index (κ1) is 16.5. The van der Waals surface area contributed by atoms with Gasteiger partial charge in [0.1, 0.15) is 5.75 Å². The van der Waals surface area contributed by atoms with Crippen molar-refractivity contribution < 1.29 is 14.6 Å². The van der Waals surface area contributed by atoms with Gasteiger partial charge in [-0.2, -0.15) is 0 Å². The molecule has 5 nitrogen and oxygen atoms in total. The molecule has 24 heavy (non-hydrogen) atoms. The van der Waals surface area contributed by atoms with E-state index in [2.05, 4.69) is 4.98 Å². The zero-order chi connectivity index (χ0) is 17.1. The van der Waals surface area contributed by atoms with Crippen LogP contribution in [-0.2, 0) is 17.8 Å². The van der Waals surface area contributed by atoms with E-state index in [9.17, 15) is 9.90 Å². The van der Waals surface area contributed by atoms with Gasteiger partial charge in [0.15, 0.2) is 6.61 Å². The first-order valence-corrected chi connectivity index (χ1v) is 8.21. The topological polar surface area (TPSA) is 62.7 Å². The number of carbonyl (C=O) groups is 1. The molecule has 126 valence electrons. The van der Waals surface area contributed by atoms with Gasteiger partial charge in [0.05, 0.1) is 18.3 Å². The number of aryl methyl sites for hydroxylation is 2. The molecule has 1 N–H and O–H groups in total. The second kappa shape index (κ2) is 7.01. The first-order valence-electron chi connectivity index (χ1n) is 8.21. The van der Waals surface area contributed by atoms with Crippen molar-refractivity contribution in [3.63, 3.8) is 0 Å². The van der Waals surface area contributed by atoms with Crippen LogP contribution in [0.1, 0.15) is 35.5 Å². The Bertz CT molecular complexity index is 745. The van der Waals surface area contributed by atoms with Crippen LogP contribution >= 0.6 is 0 Å². The van der Waals surface area contributed by atoms with E-state index in [0.29, 0.717) is 18.8 Å². The normalized spacial score (nSPS) is 16.6. The molecule has 0 aliphatic carbocycles. The minimum absolute atomic E-state index is 0.0490. The molecule has 1 amide bonds. The molecule has 1 aliphatic rings. The van der Waals surface area contributed by atoms with Crippen molar-refractivity contribution in [1.29, 1.82) is 0 Å². The van der Waals surface area contributed by atoms with Gasteiger partial charge >= 0.3 is 0 Å². The minimum atomic E-state index is -0.647. The van der Waals surface area contributed by atoms with Gasteiger partial charge in [0.25, 0.3) is 5.91 Å². The first-order chi connectivity index (χ1) is 11.6. The summed E-state index contributed by atoms with van der Waals surface area (Å²) in [6.07, 6.45) is 0.104. The van der Waals surface area contributed by atoms with Crippen LogP contribution in [0.5, 0.6) is 5.75 Å². The highest BCUT2D eigenvalue weighted by molar-refractivity contribution is 5.78. The number of aliphatic hydroxyl groups is 1. The lowest BCUT2D eigenvalue weighted by atomic mass is 9.97. The number of ether oxygens (including phenoxy) is 1. The fourth-order valence-electron chi connectivity index (χ4n) is 2.98. The van der Waals surface area contributed by atoms with E-state index in [1.54, 1.807) is 4.90 Å². The van der Waals surface area contributed by atoms with Gasteiger partial charge in [-0.15, -0.1) is 0 Å². The summed E-state index contributed by atoms with van der Waals surface area (Å²) in [5.41, 5.74) is 3.67. The van der Waals surface area contributed by atoms with E-state index in [-0.39, 0.29) is 12.5 Å². The summed E-state index contributed by atoms with van der Waals surface area (Å²) in [5.74, 6) is 0.514. The quantitative estimate of drug-likeness (QED) is 0.937. The average Bonchev–Trinajstić information content (AvgIpc) is 2.60. The van der Waals surface area contributed by atoms with Gasteiger partial charge in [-0.3, -0.25) is 9.78 Å². The van der Waals surface area contributed by atoms with Gasteiger partial charge in [0.2, 0.25) is 0 Å². The van der Waals surface area contributed by atoms with Crippen molar-refractivity contribution in [2.75, 3.05) is 13.2 Å². The second-order valence-corrected chi connectivity index (χ2v) is 6.03. The molecule has 1 aromatic carbocycles. The van der Waals surface area contributed by atoms with E-state index in [1.807, 2.05) is 50.2 Å². The van der Waals surface area contributed by atoms with Crippen molar-refractivity contribution >= 4 is 5.91 Å². The van der Waals surface area contributed by atoms with Gasteiger partial charge in [0, 0.05) is 12.2 Å². The lowest BCUT2D eigenvalue weighted by Crippen LogP contribution is -2.40. The van der Waals surface area contributed by atoms with Gasteiger partial charge < -0.3 is 14.7 Å². The van der Waals surface area contributed by atoms with Crippen LogP contribution in [0.2, 0.25) is 0 Å². The largest absolute Gasteiger partial charge is 0.482 e. The Kier molecular flexibility index (Phi) is 4.81. The predicted octanol–water partition coefficient (Wildman–Crippen LogP) is 2.41. The monoisotopic (exact) mass is 326 g/mol. The van der Waals surface area contributed by atoms with Gasteiger partial charge in [-0.1, -0.05) is 31.2 Å². The molecule has 1 atom stereocenters. The zero-order valence-electron chi connectivity index (χ0n) is 14.0. The van der Waals surface area contributed by atoms with Crippen LogP contribution in [0.25, 0.3) is 0 Å². The number of amides is 1. The number of aromatic nitrogens is 1. The van der Waals surface area contributed by atoms with E-state index in [1.165, 1.54) is 0 Å². The molecule has 0 saturated carbocycles. The smallest absolute Gasteiger partial charge is 0.260 e. The van der Waals surface area contributed by atoms with Crippen LogP contribution in [0, 0.1) is 6.92 Å². The number of pyridine rings is 1. The third-order valence-electron chi connectivity index (χ3n) is 4.28. The predicted molar refractivity (Wildman–Crippen MR) is 90.7 cm³/mol. The van der Waals surface area contributed by atoms with Crippen LogP contribution in [-0.4, -0.2) is 34.0 Å². The van der Waals surface area contributed by atoms with Crippen molar-refractivity contribution in [1.82, 2.24) is 9.88 Å². The van der Waals surface area contributed by atoms with Crippen LogP contribution in [0.4, 0.5) is 0 Å². The minimum Gasteiger partial charge on any atom is -0.482 e. The van der Waals surface area contributed by atoms with E-state index in [4.69, 9.17) is 4.74 Å². The highest BCUT2D eigenvalue weighted by Crippen LogP contribution is 2.26. The highest BCUT2D eigenvalue weighted by Gasteiger charge is 2.26. The number of benzene rings is 1. The molecule has 0 fully saturated rings. The number of aliphatic hydroxyl groups excluding tert-OH is 1. The summed E-state index contributed by atoms with van der Waals surface area (Å²) in [6.45, 7) is 4.69. The maximum atomic E-state index is 12.5. The zero-order valence-corrected chi connectivity index (χ0v) is 14.0. The number of β-amino-alcohol motifs (C(OH)–C–C–N with tert-alkyl or cyclic N) is 1. The van der Waals surface area contributed by atoms with Crippen molar-refractivity contribution in [3.8, 4) is 5.75 Å². The van der Waals surface area contributed by atoms with Crippen LogP contribution in [0.3, 0.4) is 0 Å². The van der Waals surface area contributed by atoms with E-state index in [0.717, 1.165) is 28.9 Å². The molecule has 0 spiro atoms. The Morgan fingerprint density at radius 1 is 1.33 bits per heavy atom. The molecule has 1 aliphatic heterocycles. The molecule has 3 rings (SSSR count). The van der Waals surface area contributed by atoms with Crippen molar-refractivity contribution in [3.05, 3.63) is 58.9 Å². The maximum absolute atomic E-state index is 12.5. The fourth-order valence-corrected chi connectivity index (χ4v) is 2.98. The Hall–Kier alpha value is -2.40. The summed E-state index contributed by atoms with van der Waals surface area (Å²) in [4.78, 5) is 18.5. The molecule has 1 unspecified atom stereocenters.